The first kappa shape index (κ1) is 16.4. The highest BCUT2D eigenvalue weighted by Crippen LogP contribution is 2.47. The second-order valence-corrected chi connectivity index (χ2v) is 6.01. The molecule has 2 aromatic rings. The molecule has 4 nitrogen and oxygen atoms in total. The van der Waals surface area contributed by atoms with Crippen LogP contribution in [0.15, 0.2) is 42.5 Å². The number of nitrogens with one attached hydrogen (secondary N) is 2. The summed E-state index contributed by atoms with van der Waals surface area (Å²) in [5, 5.41) is 4.86. The van der Waals surface area contributed by atoms with E-state index in [0.717, 1.165) is 6.07 Å². The lowest BCUT2D eigenvalue weighted by Gasteiger charge is -2.16. The summed E-state index contributed by atoms with van der Waals surface area (Å²) in [5.74, 6) is -2.28. The molecule has 3 rings (SSSR count). The molecule has 7 heteroatoms. The first-order valence-corrected chi connectivity index (χ1v) is 7.63. The third kappa shape index (κ3) is 3.10. The Morgan fingerprint density at radius 1 is 0.958 bits per heavy atom. The third-order valence-corrected chi connectivity index (χ3v) is 4.21. The van der Waals surface area contributed by atoms with Crippen LogP contribution in [0, 0.1) is 17.0 Å². The van der Waals surface area contributed by atoms with E-state index in [4.69, 9.17) is 11.6 Å². The lowest BCUT2D eigenvalue weighted by molar-refractivity contribution is -0.131. The molecule has 0 aliphatic heterocycles. The zero-order valence-electron chi connectivity index (χ0n) is 12.4. The van der Waals surface area contributed by atoms with Crippen LogP contribution in [-0.4, -0.2) is 11.8 Å². The van der Waals surface area contributed by atoms with E-state index in [1.807, 2.05) is 0 Å². The van der Waals surface area contributed by atoms with Crippen molar-refractivity contribution in [1.29, 1.82) is 0 Å². The quantitative estimate of drug-likeness (QED) is 0.819. The van der Waals surface area contributed by atoms with Crippen molar-refractivity contribution in [3.63, 3.8) is 0 Å². The molecular weight excluding hydrogens is 338 g/mol. The van der Waals surface area contributed by atoms with Gasteiger partial charge >= 0.3 is 0 Å². The van der Waals surface area contributed by atoms with Crippen molar-refractivity contribution in [2.45, 2.75) is 12.8 Å². The van der Waals surface area contributed by atoms with Gasteiger partial charge in [-0.3, -0.25) is 9.59 Å². The zero-order valence-corrected chi connectivity index (χ0v) is 13.2. The van der Waals surface area contributed by atoms with E-state index in [1.54, 1.807) is 6.07 Å². The van der Waals surface area contributed by atoms with Crippen molar-refractivity contribution >= 4 is 34.8 Å². The summed E-state index contributed by atoms with van der Waals surface area (Å²) in [6.07, 6.45) is 0.710. The Morgan fingerprint density at radius 2 is 1.62 bits per heavy atom. The summed E-state index contributed by atoms with van der Waals surface area (Å²) < 4.78 is 26.8. The molecule has 1 aliphatic rings. The van der Waals surface area contributed by atoms with Gasteiger partial charge in [-0.1, -0.05) is 23.7 Å². The van der Waals surface area contributed by atoms with Gasteiger partial charge < -0.3 is 10.6 Å². The maximum absolute atomic E-state index is 13.6. The number of rotatable bonds is 4. The minimum Gasteiger partial charge on any atom is -0.325 e. The molecular formula is C17H13ClF2N2O2. The van der Waals surface area contributed by atoms with Crippen molar-refractivity contribution in [3.05, 3.63) is 59.1 Å². The van der Waals surface area contributed by atoms with E-state index in [2.05, 4.69) is 10.6 Å². The van der Waals surface area contributed by atoms with Gasteiger partial charge in [0.25, 0.3) is 0 Å². The molecule has 124 valence electrons. The number of amides is 2. The van der Waals surface area contributed by atoms with Gasteiger partial charge in [-0.15, -0.1) is 0 Å². The van der Waals surface area contributed by atoms with E-state index in [-0.39, 0.29) is 16.4 Å². The Balaban J connectivity index is 1.73. The minimum absolute atomic E-state index is 0.0198. The molecule has 0 atom stereocenters. The molecule has 0 unspecified atom stereocenters. The fourth-order valence-corrected chi connectivity index (χ4v) is 2.49. The Hall–Kier alpha value is -2.47. The standard InChI is InChI=1S/C17H13ClF2N2O2/c18-11-9-10(5-6-12(11)19)21-15(23)17(7-8-17)16(24)22-14-4-2-1-3-13(14)20/h1-6,9H,7-8H2,(H,21,23)(H,22,24). The highest BCUT2D eigenvalue weighted by Gasteiger charge is 2.56. The molecule has 0 spiro atoms. The number of para-hydroxylation sites is 1. The highest BCUT2D eigenvalue weighted by atomic mass is 35.5. The molecule has 1 aliphatic carbocycles. The maximum atomic E-state index is 13.6. The third-order valence-electron chi connectivity index (χ3n) is 3.92. The number of carbonyl (C=O) groups excluding carboxylic acids is 2. The van der Waals surface area contributed by atoms with E-state index in [0.29, 0.717) is 12.8 Å². The predicted molar refractivity (Wildman–Crippen MR) is 86.7 cm³/mol. The summed E-state index contributed by atoms with van der Waals surface area (Å²) in [6.45, 7) is 0. The molecule has 2 N–H and O–H groups in total. The molecule has 0 bridgehead atoms. The van der Waals surface area contributed by atoms with Crippen LogP contribution < -0.4 is 10.6 Å². The Kier molecular flexibility index (Phi) is 4.24. The van der Waals surface area contributed by atoms with Crippen LogP contribution in [-0.2, 0) is 9.59 Å². The number of benzene rings is 2. The van der Waals surface area contributed by atoms with Gasteiger partial charge in [-0.2, -0.15) is 0 Å². The summed E-state index contributed by atoms with van der Waals surface area (Å²) >= 11 is 5.67. The van der Waals surface area contributed by atoms with E-state index < -0.39 is 28.9 Å². The molecule has 1 saturated carbocycles. The molecule has 0 heterocycles. The number of anilines is 2. The number of hydrogen-bond acceptors (Lipinski definition) is 2. The zero-order chi connectivity index (χ0) is 17.3. The second-order valence-electron chi connectivity index (χ2n) is 5.60. The smallest absolute Gasteiger partial charge is 0.240 e. The molecule has 0 radical (unpaired) electrons. The average Bonchev–Trinajstić information content (AvgIpc) is 3.35. The Bertz CT molecular complexity index is 822. The molecule has 0 saturated heterocycles. The van der Waals surface area contributed by atoms with Crippen LogP contribution in [0.25, 0.3) is 0 Å². The molecule has 1 fully saturated rings. The largest absolute Gasteiger partial charge is 0.325 e. The molecule has 0 aromatic heterocycles. The number of hydrogen-bond donors (Lipinski definition) is 2. The van der Waals surface area contributed by atoms with E-state index in [9.17, 15) is 18.4 Å². The van der Waals surface area contributed by atoms with Gasteiger partial charge in [0, 0.05) is 5.69 Å². The van der Waals surface area contributed by atoms with Crippen LogP contribution in [0.1, 0.15) is 12.8 Å². The second kappa shape index (κ2) is 6.20. The first-order chi connectivity index (χ1) is 11.4. The summed E-state index contributed by atoms with van der Waals surface area (Å²) in [5.41, 5.74) is -0.939. The Morgan fingerprint density at radius 3 is 2.25 bits per heavy atom. The van der Waals surface area contributed by atoms with Crippen LogP contribution in [0.3, 0.4) is 0 Å². The van der Waals surface area contributed by atoms with Crippen molar-refractivity contribution < 1.29 is 18.4 Å². The normalized spacial score (nSPS) is 14.8. The fourth-order valence-electron chi connectivity index (χ4n) is 2.31. The van der Waals surface area contributed by atoms with Crippen LogP contribution >= 0.6 is 11.6 Å². The van der Waals surface area contributed by atoms with Crippen LogP contribution in [0.5, 0.6) is 0 Å². The average molecular weight is 351 g/mol. The highest BCUT2D eigenvalue weighted by molar-refractivity contribution is 6.31. The number of carbonyl (C=O) groups is 2. The first-order valence-electron chi connectivity index (χ1n) is 7.25. The lowest BCUT2D eigenvalue weighted by atomic mass is 10.0. The predicted octanol–water partition coefficient (Wildman–Crippen LogP) is 3.98. The van der Waals surface area contributed by atoms with Gasteiger partial charge in [0.2, 0.25) is 11.8 Å². The van der Waals surface area contributed by atoms with Crippen molar-refractivity contribution in [2.24, 2.45) is 5.41 Å². The van der Waals surface area contributed by atoms with Gasteiger partial charge in [0.1, 0.15) is 17.0 Å². The Labute approximate surface area is 141 Å². The van der Waals surface area contributed by atoms with Gasteiger partial charge in [-0.25, -0.2) is 8.78 Å². The van der Waals surface area contributed by atoms with Crippen LogP contribution in [0.2, 0.25) is 5.02 Å². The SMILES string of the molecule is O=C(Nc1ccc(F)c(Cl)c1)C1(C(=O)Nc2ccccc2F)CC1. The van der Waals surface area contributed by atoms with Crippen LogP contribution in [0.4, 0.5) is 20.2 Å². The summed E-state index contributed by atoms with van der Waals surface area (Å²) in [4.78, 5) is 24.8. The number of halogens is 3. The minimum atomic E-state index is -1.25. The molecule has 2 amide bonds. The maximum Gasteiger partial charge on any atom is 0.240 e. The molecule has 24 heavy (non-hydrogen) atoms. The monoisotopic (exact) mass is 350 g/mol. The van der Waals surface area contributed by atoms with Crippen molar-refractivity contribution in [1.82, 2.24) is 0 Å². The topological polar surface area (TPSA) is 58.2 Å². The summed E-state index contributed by atoms with van der Waals surface area (Å²) in [6, 6.07) is 9.46. The van der Waals surface area contributed by atoms with Gasteiger partial charge in [0.05, 0.1) is 10.7 Å². The molecule has 2 aromatic carbocycles. The van der Waals surface area contributed by atoms with Crippen molar-refractivity contribution in [2.75, 3.05) is 10.6 Å². The van der Waals surface area contributed by atoms with Gasteiger partial charge in [0.15, 0.2) is 0 Å². The van der Waals surface area contributed by atoms with E-state index in [1.165, 1.54) is 30.3 Å². The lowest BCUT2D eigenvalue weighted by Crippen LogP contribution is -2.35. The van der Waals surface area contributed by atoms with Gasteiger partial charge in [-0.05, 0) is 43.2 Å². The van der Waals surface area contributed by atoms with E-state index >= 15 is 0 Å². The fraction of sp³-hybridized carbons (Fsp3) is 0.176. The summed E-state index contributed by atoms with van der Waals surface area (Å²) in [7, 11) is 0. The van der Waals surface area contributed by atoms with Crippen molar-refractivity contribution in [3.8, 4) is 0 Å².